The van der Waals surface area contributed by atoms with E-state index in [1.807, 2.05) is 0 Å². The van der Waals surface area contributed by atoms with Crippen LogP contribution in [-0.2, 0) is 21.9 Å². The largest absolute Gasteiger partial charge is 0.416 e. The Morgan fingerprint density at radius 1 is 1.03 bits per heavy atom. The molecule has 2 fully saturated rings. The van der Waals surface area contributed by atoms with Crippen molar-refractivity contribution in [2.24, 2.45) is 5.92 Å². The molecule has 1 amide bonds. The smallest absolute Gasteiger partial charge is 0.396 e. The van der Waals surface area contributed by atoms with Crippen LogP contribution < -0.4 is 0 Å². The number of carbonyl (C=O) groups is 1. The molecule has 0 saturated carbocycles. The van der Waals surface area contributed by atoms with Gasteiger partial charge in [-0.2, -0.15) is 26.3 Å². The van der Waals surface area contributed by atoms with Gasteiger partial charge in [-0.1, -0.05) is 12.1 Å². The number of nitrogens with zero attached hydrogens (tertiary/aromatic N) is 1. The Balaban J connectivity index is 1.68. The molecule has 2 aliphatic heterocycles. The van der Waals surface area contributed by atoms with Gasteiger partial charge in [-0.15, -0.1) is 0 Å². The predicted octanol–water partition coefficient (Wildman–Crippen LogP) is 5.71. The van der Waals surface area contributed by atoms with Gasteiger partial charge in [-0.05, 0) is 60.7 Å². The number of fused-ring (bicyclic) bond motifs is 1. The Hall–Kier alpha value is -2.66. The van der Waals surface area contributed by atoms with E-state index in [0.717, 1.165) is 0 Å². The van der Waals surface area contributed by atoms with E-state index in [0.29, 0.717) is 24.1 Å². The van der Waals surface area contributed by atoms with Gasteiger partial charge in [-0.3, -0.25) is 4.79 Å². The maximum absolute atomic E-state index is 13.6. The number of amides is 1. The first-order chi connectivity index (χ1) is 16.8. The fourth-order valence-electron chi connectivity index (χ4n) is 5.18. The first-order valence-corrected chi connectivity index (χ1v) is 11.4. The lowest BCUT2D eigenvalue weighted by atomic mass is 9.82. The number of aliphatic hydroxyl groups excluding tert-OH is 1. The van der Waals surface area contributed by atoms with Gasteiger partial charge in [0.05, 0.1) is 23.3 Å². The summed E-state index contributed by atoms with van der Waals surface area (Å²) >= 11 is 0. The van der Waals surface area contributed by atoms with E-state index in [1.54, 1.807) is 4.90 Å². The van der Waals surface area contributed by atoms with Gasteiger partial charge in [0.15, 0.2) is 0 Å². The zero-order valence-corrected chi connectivity index (χ0v) is 19.1. The van der Waals surface area contributed by atoms with Gasteiger partial charge in [0.25, 0.3) is 0 Å². The minimum atomic E-state index is -4.99. The van der Waals surface area contributed by atoms with Crippen LogP contribution >= 0.6 is 0 Å². The van der Waals surface area contributed by atoms with Crippen molar-refractivity contribution >= 4 is 5.91 Å². The predicted molar refractivity (Wildman–Crippen MR) is 114 cm³/mol. The second-order valence-corrected chi connectivity index (χ2v) is 9.34. The van der Waals surface area contributed by atoms with Crippen molar-refractivity contribution in [3.63, 3.8) is 0 Å². The van der Waals surface area contributed by atoms with Crippen molar-refractivity contribution in [2.75, 3.05) is 13.2 Å². The van der Waals surface area contributed by atoms with Crippen molar-refractivity contribution in [1.29, 1.82) is 0 Å². The van der Waals surface area contributed by atoms with E-state index >= 15 is 0 Å². The average molecular weight is 519 g/mol. The Kier molecular flexibility index (Phi) is 7.09. The topological polar surface area (TPSA) is 49.8 Å². The number of hydrogen-bond acceptors (Lipinski definition) is 3. The summed E-state index contributed by atoms with van der Waals surface area (Å²) in [6, 6.07) is 6.39. The van der Waals surface area contributed by atoms with E-state index < -0.39 is 53.5 Å². The number of aliphatic hydroxyl groups is 1. The van der Waals surface area contributed by atoms with E-state index in [2.05, 4.69) is 0 Å². The van der Waals surface area contributed by atoms with Gasteiger partial charge in [0, 0.05) is 31.5 Å². The molecule has 0 aromatic heterocycles. The van der Waals surface area contributed by atoms with E-state index in [9.17, 15) is 40.6 Å². The zero-order chi connectivity index (χ0) is 26.4. The molecule has 36 heavy (non-hydrogen) atoms. The quantitative estimate of drug-likeness (QED) is 0.516. The second kappa shape index (κ2) is 9.66. The molecule has 2 aromatic rings. The van der Waals surface area contributed by atoms with Gasteiger partial charge >= 0.3 is 12.4 Å². The molecule has 1 N–H and O–H groups in total. The minimum Gasteiger partial charge on any atom is -0.396 e. The van der Waals surface area contributed by atoms with Gasteiger partial charge in [0.1, 0.15) is 5.82 Å². The number of carbonyl (C=O) groups excluding carboxylic acids is 1. The fraction of sp³-hybridized carbons (Fsp3) is 0.480. The number of rotatable bonds is 5. The van der Waals surface area contributed by atoms with Gasteiger partial charge < -0.3 is 14.7 Å². The highest BCUT2D eigenvalue weighted by Crippen LogP contribution is 2.44. The summed E-state index contributed by atoms with van der Waals surface area (Å²) in [5, 5.41) is 9.63. The number of piperidine rings is 1. The number of halogens is 7. The van der Waals surface area contributed by atoms with Crippen LogP contribution in [0.25, 0.3) is 0 Å². The van der Waals surface area contributed by atoms with Gasteiger partial charge in [-0.25, -0.2) is 4.39 Å². The Labute approximate surface area is 202 Å². The van der Waals surface area contributed by atoms with E-state index in [-0.39, 0.29) is 43.0 Å². The first-order valence-electron chi connectivity index (χ1n) is 11.4. The molecule has 11 heteroatoms. The molecule has 2 heterocycles. The average Bonchev–Trinajstić information content (AvgIpc) is 3.16. The Morgan fingerprint density at radius 3 is 2.14 bits per heavy atom. The van der Waals surface area contributed by atoms with Crippen LogP contribution in [0.3, 0.4) is 0 Å². The van der Waals surface area contributed by atoms with E-state index in [1.165, 1.54) is 31.2 Å². The molecule has 2 saturated heterocycles. The lowest BCUT2D eigenvalue weighted by Gasteiger charge is -2.36. The molecular formula is C25H24F7NO3. The molecule has 5 atom stereocenters. The van der Waals surface area contributed by atoms with Crippen LogP contribution in [0.5, 0.6) is 0 Å². The summed E-state index contributed by atoms with van der Waals surface area (Å²) in [6.07, 6.45) is -11.4. The number of alkyl halides is 6. The lowest BCUT2D eigenvalue weighted by Crippen LogP contribution is -2.44. The highest BCUT2D eigenvalue weighted by Gasteiger charge is 2.49. The van der Waals surface area contributed by atoms with Crippen LogP contribution in [-0.4, -0.2) is 41.2 Å². The van der Waals surface area contributed by atoms with Crippen LogP contribution in [0.2, 0.25) is 0 Å². The van der Waals surface area contributed by atoms with Gasteiger partial charge in [0.2, 0.25) is 5.91 Å². The minimum absolute atomic E-state index is 0.0566. The summed E-state index contributed by atoms with van der Waals surface area (Å²) in [7, 11) is 0. The van der Waals surface area contributed by atoms with Crippen LogP contribution in [0.1, 0.15) is 54.0 Å². The Bertz CT molecular complexity index is 1070. The van der Waals surface area contributed by atoms with Crippen molar-refractivity contribution in [3.05, 3.63) is 70.5 Å². The summed E-state index contributed by atoms with van der Waals surface area (Å²) in [5.74, 6) is -1.53. The molecule has 2 unspecified atom stereocenters. The number of ether oxygens (including phenoxy) is 1. The third-order valence-electron chi connectivity index (χ3n) is 6.92. The highest BCUT2D eigenvalue weighted by atomic mass is 19.4. The molecular weight excluding hydrogens is 495 g/mol. The second-order valence-electron chi connectivity index (χ2n) is 9.34. The third-order valence-corrected chi connectivity index (χ3v) is 6.92. The van der Waals surface area contributed by atoms with E-state index in [4.69, 9.17) is 4.74 Å². The van der Waals surface area contributed by atoms with Crippen molar-refractivity contribution < 1.29 is 45.4 Å². The first kappa shape index (κ1) is 26.4. The van der Waals surface area contributed by atoms with Crippen LogP contribution in [0.15, 0.2) is 42.5 Å². The number of benzene rings is 2. The molecule has 0 spiro atoms. The molecule has 0 bridgehead atoms. The maximum atomic E-state index is 13.6. The fourth-order valence-corrected chi connectivity index (χ4v) is 5.18. The maximum Gasteiger partial charge on any atom is 0.416 e. The molecule has 0 radical (unpaired) electrons. The monoisotopic (exact) mass is 519 g/mol. The molecule has 0 aliphatic carbocycles. The zero-order valence-electron chi connectivity index (χ0n) is 19.1. The standard InChI is InChI=1S/C25H24F7NO3/c1-13(16-8-17(24(27,28)29)10-18(9-16)25(30,31)32)36-21-11-33-20(6-14(12-34)7-22(33)35)23(21)15-2-4-19(26)5-3-15/h2-5,8-10,13-14,20-21,23,34H,6-7,11-12H2,1H3/t13-,14?,20+,21+,23?/m1/s1. The lowest BCUT2D eigenvalue weighted by molar-refractivity contribution is -0.143. The van der Waals surface area contributed by atoms with Crippen molar-refractivity contribution in [1.82, 2.24) is 4.90 Å². The third kappa shape index (κ3) is 5.36. The molecule has 4 nitrogen and oxygen atoms in total. The number of hydrogen-bond donors (Lipinski definition) is 1. The Morgan fingerprint density at radius 2 is 1.61 bits per heavy atom. The summed E-state index contributed by atoms with van der Waals surface area (Å²) in [6.45, 7) is 1.21. The van der Waals surface area contributed by atoms with Crippen molar-refractivity contribution in [3.8, 4) is 0 Å². The van der Waals surface area contributed by atoms with Crippen LogP contribution in [0, 0.1) is 11.7 Å². The molecule has 196 valence electrons. The summed E-state index contributed by atoms with van der Waals surface area (Å²) in [5.41, 5.74) is -2.57. The SMILES string of the molecule is C[C@@H](O[C@H]1CN2C(=O)CC(CO)C[C@H]2C1c1ccc(F)cc1)c1cc(C(F)(F)F)cc(C(F)(F)F)c1. The normalized spacial score (nSPS) is 25.7. The molecule has 4 rings (SSSR count). The highest BCUT2D eigenvalue weighted by molar-refractivity contribution is 5.78. The van der Waals surface area contributed by atoms with Crippen LogP contribution in [0.4, 0.5) is 30.7 Å². The summed E-state index contributed by atoms with van der Waals surface area (Å²) in [4.78, 5) is 14.3. The molecule has 2 aliphatic rings. The summed E-state index contributed by atoms with van der Waals surface area (Å²) < 4.78 is 99.6. The molecule has 2 aromatic carbocycles. The van der Waals surface area contributed by atoms with Crippen molar-refractivity contribution in [2.45, 2.75) is 56.3 Å².